The standard InChI is InChI=1S/C13H23N3S/c1-10(2)7-14-8-12-5-6-15-13(16-12)9-17-11(3)4/h5-6,10-11,14H,7-9H2,1-4H3. The van der Waals surface area contributed by atoms with E-state index in [1.807, 2.05) is 24.0 Å². The van der Waals surface area contributed by atoms with Gasteiger partial charge in [-0.05, 0) is 23.8 Å². The van der Waals surface area contributed by atoms with Crippen LogP contribution in [0, 0.1) is 5.92 Å². The van der Waals surface area contributed by atoms with E-state index < -0.39 is 0 Å². The van der Waals surface area contributed by atoms with E-state index in [9.17, 15) is 0 Å². The second kappa shape index (κ2) is 7.67. The summed E-state index contributed by atoms with van der Waals surface area (Å²) in [5.74, 6) is 2.51. The molecule has 0 aromatic carbocycles. The number of thioether (sulfide) groups is 1. The lowest BCUT2D eigenvalue weighted by Gasteiger charge is -2.08. The third-order valence-electron chi connectivity index (χ3n) is 2.17. The Kier molecular flexibility index (Phi) is 6.52. The molecule has 4 heteroatoms. The first-order chi connectivity index (χ1) is 8.08. The Hall–Kier alpha value is -0.610. The van der Waals surface area contributed by atoms with E-state index in [4.69, 9.17) is 0 Å². The summed E-state index contributed by atoms with van der Waals surface area (Å²) >= 11 is 1.88. The van der Waals surface area contributed by atoms with Crippen LogP contribution >= 0.6 is 11.8 Å². The third-order valence-corrected chi connectivity index (χ3v) is 3.26. The first kappa shape index (κ1) is 14.5. The molecule has 1 aromatic heterocycles. The first-order valence-electron chi connectivity index (χ1n) is 6.21. The highest BCUT2D eigenvalue weighted by Crippen LogP contribution is 2.14. The molecule has 0 spiro atoms. The molecule has 0 saturated carbocycles. The molecule has 0 aliphatic carbocycles. The number of nitrogens with one attached hydrogen (secondary N) is 1. The highest BCUT2D eigenvalue weighted by Gasteiger charge is 2.02. The van der Waals surface area contributed by atoms with Crippen LogP contribution in [0.15, 0.2) is 12.3 Å². The van der Waals surface area contributed by atoms with E-state index in [-0.39, 0.29) is 0 Å². The van der Waals surface area contributed by atoms with Gasteiger partial charge in [-0.2, -0.15) is 11.8 Å². The highest BCUT2D eigenvalue weighted by atomic mass is 32.2. The predicted octanol–water partition coefficient (Wildman–Crippen LogP) is 2.86. The van der Waals surface area contributed by atoms with Crippen molar-refractivity contribution in [1.29, 1.82) is 0 Å². The fourth-order valence-corrected chi connectivity index (χ4v) is 1.96. The van der Waals surface area contributed by atoms with Gasteiger partial charge < -0.3 is 5.32 Å². The molecule has 0 amide bonds. The molecule has 0 aliphatic heterocycles. The molecule has 96 valence electrons. The molecule has 0 atom stereocenters. The summed E-state index contributed by atoms with van der Waals surface area (Å²) in [5, 5.41) is 4.02. The summed E-state index contributed by atoms with van der Waals surface area (Å²) in [5.41, 5.74) is 1.08. The van der Waals surface area contributed by atoms with Crippen LogP contribution in [0.25, 0.3) is 0 Å². The zero-order valence-corrected chi connectivity index (χ0v) is 12.0. The number of aromatic nitrogens is 2. The first-order valence-corrected chi connectivity index (χ1v) is 7.26. The Morgan fingerprint density at radius 1 is 1.29 bits per heavy atom. The Morgan fingerprint density at radius 2 is 2.06 bits per heavy atom. The van der Waals surface area contributed by atoms with Crippen molar-refractivity contribution < 1.29 is 0 Å². The van der Waals surface area contributed by atoms with Crippen LogP contribution in [0.3, 0.4) is 0 Å². The fraction of sp³-hybridized carbons (Fsp3) is 0.692. The lowest BCUT2D eigenvalue weighted by atomic mass is 10.2. The van der Waals surface area contributed by atoms with Crippen molar-refractivity contribution in [1.82, 2.24) is 15.3 Å². The maximum Gasteiger partial charge on any atom is 0.138 e. The van der Waals surface area contributed by atoms with Gasteiger partial charge in [-0.1, -0.05) is 27.7 Å². The molecule has 0 fully saturated rings. The zero-order chi connectivity index (χ0) is 12.7. The molecule has 0 saturated heterocycles. The van der Waals surface area contributed by atoms with Gasteiger partial charge in [0.1, 0.15) is 5.82 Å². The van der Waals surface area contributed by atoms with Crippen LogP contribution in [0.1, 0.15) is 39.2 Å². The topological polar surface area (TPSA) is 37.8 Å². The van der Waals surface area contributed by atoms with Gasteiger partial charge in [0.25, 0.3) is 0 Å². The Bertz CT molecular complexity index is 326. The smallest absolute Gasteiger partial charge is 0.138 e. The molecule has 0 unspecified atom stereocenters. The Balaban J connectivity index is 2.42. The molecule has 1 heterocycles. The average molecular weight is 253 g/mol. The minimum Gasteiger partial charge on any atom is -0.311 e. The molecule has 0 aliphatic rings. The second-order valence-corrected chi connectivity index (χ2v) is 6.41. The lowest BCUT2D eigenvalue weighted by Crippen LogP contribution is -2.20. The van der Waals surface area contributed by atoms with E-state index in [1.54, 1.807) is 0 Å². The third kappa shape index (κ3) is 6.64. The van der Waals surface area contributed by atoms with Gasteiger partial charge in [-0.25, -0.2) is 9.97 Å². The molecule has 0 radical (unpaired) electrons. The van der Waals surface area contributed by atoms with Crippen LogP contribution in [0.5, 0.6) is 0 Å². The SMILES string of the molecule is CC(C)CNCc1ccnc(CSC(C)C)n1. The summed E-state index contributed by atoms with van der Waals surface area (Å²) in [6.45, 7) is 10.7. The van der Waals surface area contributed by atoms with Gasteiger partial charge in [0.05, 0.1) is 11.4 Å². The van der Waals surface area contributed by atoms with Crippen molar-refractivity contribution in [2.24, 2.45) is 5.92 Å². The van der Waals surface area contributed by atoms with E-state index in [0.717, 1.165) is 30.4 Å². The fourth-order valence-electron chi connectivity index (χ4n) is 1.34. The van der Waals surface area contributed by atoms with Gasteiger partial charge >= 0.3 is 0 Å². The predicted molar refractivity (Wildman–Crippen MR) is 75.0 cm³/mol. The van der Waals surface area contributed by atoms with E-state index in [1.165, 1.54) is 0 Å². The average Bonchev–Trinajstić information content (AvgIpc) is 2.26. The molecule has 17 heavy (non-hydrogen) atoms. The minimum atomic E-state index is 0.626. The highest BCUT2D eigenvalue weighted by molar-refractivity contribution is 7.99. The van der Waals surface area contributed by atoms with E-state index in [0.29, 0.717) is 11.2 Å². The number of hydrogen-bond donors (Lipinski definition) is 1. The monoisotopic (exact) mass is 253 g/mol. The minimum absolute atomic E-state index is 0.626. The van der Waals surface area contributed by atoms with Crippen molar-refractivity contribution in [3.05, 3.63) is 23.8 Å². The summed E-state index contributed by atoms with van der Waals surface area (Å²) in [6.07, 6.45) is 1.86. The lowest BCUT2D eigenvalue weighted by molar-refractivity contribution is 0.547. The van der Waals surface area contributed by atoms with Gasteiger partial charge in [0, 0.05) is 12.7 Å². The van der Waals surface area contributed by atoms with Crippen LogP contribution in [0.4, 0.5) is 0 Å². The Morgan fingerprint density at radius 3 is 2.71 bits per heavy atom. The number of nitrogens with zero attached hydrogens (tertiary/aromatic N) is 2. The molecule has 3 nitrogen and oxygen atoms in total. The molecule has 1 aromatic rings. The number of hydrogen-bond acceptors (Lipinski definition) is 4. The van der Waals surface area contributed by atoms with Gasteiger partial charge in [-0.15, -0.1) is 0 Å². The van der Waals surface area contributed by atoms with Crippen LogP contribution in [0.2, 0.25) is 0 Å². The summed E-state index contributed by atoms with van der Waals surface area (Å²) < 4.78 is 0. The Labute approximate surface area is 109 Å². The van der Waals surface area contributed by atoms with Crippen LogP contribution in [-0.4, -0.2) is 21.8 Å². The van der Waals surface area contributed by atoms with Gasteiger partial charge in [-0.3, -0.25) is 0 Å². The van der Waals surface area contributed by atoms with Crippen molar-refractivity contribution in [3.8, 4) is 0 Å². The number of rotatable bonds is 7. The maximum absolute atomic E-state index is 4.55. The summed E-state index contributed by atoms with van der Waals surface area (Å²) in [4.78, 5) is 8.84. The van der Waals surface area contributed by atoms with Gasteiger partial charge in [0.15, 0.2) is 0 Å². The van der Waals surface area contributed by atoms with Crippen molar-refractivity contribution in [2.45, 2.75) is 45.2 Å². The largest absolute Gasteiger partial charge is 0.311 e. The van der Waals surface area contributed by atoms with E-state index in [2.05, 4.69) is 43.0 Å². The molecule has 0 bridgehead atoms. The zero-order valence-electron chi connectivity index (χ0n) is 11.2. The van der Waals surface area contributed by atoms with Crippen molar-refractivity contribution in [2.75, 3.05) is 6.54 Å². The van der Waals surface area contributed by atoms with Crippen molar-refractivity contribution in [3.63, 3.8) is 0 Å². The van der Waals surface area contributed by atoms with Crippen molar-refractivity contribution >= 4 is 11.8 Å². The quantitative estimate of drug-likeness (QED) is 0.811. The second-order valence-electron chi connectivity index (χ2n) is 4.85. The summed E-state index contributed by atoms with van der Waals surface area (Å²) in [7, 11) is 0. The van der Waals surface area contributed by atoms with Gasteiger partial charge in [0.2, 0.25) is 0 Å². The van der Waals surface area contributed by atoms with Crippen LogP contribution in [-0.2, 0) is 12.3 Å². The molecular weight excluding hydrogens is 230 g/mol. The van der Waals surface area contributed by atoms with E-state index >= 15 is 0 Å². The molecule has 1 rings (SSSR count). The maximum atomic E-state index is 4.55. The molecular formula is C13H23N3S. The summed E-state index contributed by atoms with van der Waals surface area (Å²) in [6, 6.07) is 1.98. The normalized spacial score (nSPS) is 11.4. The van der Waals surface area contributed by atoms with Crippen LogP contribution < -0.4 is 5.32 Å². The molecule has 1 N–H and O–H groups in total.